The zero-order valence-electron chi connectivity index (χ0n) is 20.7. The van der Waals surface area contributed by atoms with Crippen LogP contribution in [-0.4, -0.2) is 11.1 Å². The molecule has 0 saturated carbocycles. The van der Waals surface area contributed by atoms with Crippen LogP contribution in [0.4, 0.5) is 5.69 Å². The van der Waals surface area contributed by atoms with Gasteiger partial charge in [0.1, 0.15) is 17.0 Å². The summed E-state index contributed by atoms with van der Waals surface area (Å²) in [6.07, 6.45) is 8.98. The predicted molar refractivity (Wildman–Crippen MR) is 158 cm³/mol. The van der Waals surface area contributed by atoms with Crippen molar-refractivity contribution in [2.24, 2.45) is 0 Å². The molecule has 4 nitrogen and oxygen atoms in total. The second-order valence-electron chi connectivity index (χ2n) is 9.86. The van der Waals surface area contributed by atoms with E-state index in [0.717, 1.165) is 51.1 Å². The number of aromatic nitrogens is 1. The van der Waals surface area contributed by atoms with E-state index < -0.39 is 0 Å². The molecular weight excluding hydrogens is 466 g/mol. The highest BCUT2D eigenvalue weighted by Crippen LogP contribution is 2.40. The van der Waals surface area contributed by atoms with Gasteiger partial charge >= 0.3 is 0 Å². The van der Waals surface area contributed by atoms with Gasteiger partial charge < -0.3 is 15.1 Å². The van der Waals surface area contributed by atoms with Crippen LogP contribution < -0.4 is 10.6 Å². The highest BCUT2D eigenvalue weighted by molar-refractivity contribution is 6.09. The van der Waals surface area contributed by atoms with Crippen molar-refractivity contribution in [2.75, 3.05) is 11.9 Å². The molecule has 2 N–H and O–H groups in total. The maximum atomic E-state index is 6.45. The first-order valence-corrected chi connectivity index (χ1v) is 13.0. The van der Waals surface area contributed by atoms with Gasteiger partial charge in [0.05, 0.1) is 22.9 Å². The zero-order chi connectivity index (χ0) is 25.1. The lowest BCUT2D eigenvalue weighted by molar-refractivity contribution is 0.667. The fourth-order valence-electron chi connectivity index (χ4n) is 5.92. The van der Waals surface area contributed by atoms with Crippen LogP contribution in [0, 0.1) is 0 Å². The Hall–Kier alpha value is -4.96. The summed E-state index contributed by atoms with van der Waals surface area (Å²) >= 11 is 0. The molecule has 4 aromatic carbocycles. The molecule has 2 aliphatic heterocycles. The molecular formula is C34H25N3O. The number of allylic oxidation sites excluding steroid dienone is 2. The molecule has 4 heterocycles. The minimum atomic E-state index is 0.00294. The van der Waals surface area contributed by atoms with E-state index in [1.54, 1.807) is 0 Å². The van der Waals surface area contributed by atoms with E-state index in [2.05, 4.69) is 124 Å². The molecule has 8 rings (SSSR count). The zero-order valence-corrected chi connectivity index (χ0v) is 20.7. The first-order chi connectivity index (χ1) is 18.8. The Bertz CT molecular complexity index is 1950. The number of benzene rings is 4. The number of para-hydroxylation sites is 3. The maximum Gasteiger partial charge on any atom is 0.143 e. The standard InChI is InChI=1S/C34H25N3O/c1-2-10-22(11-3-1)28-20-23(24-14-8-15-26-25-12-5-7-18-31(25)38-34(24)26)21-32(36-28)37-29-16-6-4-13-27(29)33-30(37)17-9-19-35-33/h1-18,20-21,28,35-36H,19H2. The molecule has 182 valence electrons. The molecule has 6 aromatic rings. The van der Waals surface area contributed by atoms with E-state index in [1.165, 1.54) is 22.2 Å². The number of hydrogen-bond donors (Lipinski definition) is 2. The molecule has 4 heteroatoms. The van der Waals surface area contributed by atoms with Crippen LogP contribution in [0.5, 0.6) is 0 Å². The van der Waals surface area contributed by atoms with Gasteiger partial charge in [0.2, 0.25) is 0 Å². The van der Waals surface area contributed by atoms with Crippen LogP contribution in [0.3, 0.4) is 0 Å². The maximum absolute atomic E-state index is 6.45. The van der Waals surface area contributed by atoms with Crippen molar-refractivity contribution < 1.29 is 4.42 Å². The molecule has 0 amide bonds. The number of furan rings is 1. The molecule has 0 fully saturated rings. The summed E-state index contributed by atoms with van der Waals surface area (Å²) in [5, 5.41) is 10.9. The normalized spacial score (nSPS) is 16.7. The van der Waals surface area contributed by atoms with Gasteiger partial charge in [-0.3, -0.25) is 4.57 Å². The Morgan fingerprint density at radius 1 is 0.763 bits per heavy atom. The van der Waals surface area contributed by atoms with E-state index in [9.17, 15) is 0 Å². The topological polar surface area (TPSA) is 42.1 Å². The van der Waals surface area contributed by atoms with E-state index >= 15 is 0 Å². The molecule has 0 aliphatic carbocycles. The second-order valence-corrected chi connectivity index (χ2v) is 9.86. The Morgan fingerprint density at radius 3 is 2.47 bits per heavy atom. The molecule has 0 spiro atoms. The summed E-state index contributed by atoms with van der Waals surface area (Å²) < 4.78 is 8.79. The largest absolute Gasteiger partial charge is 0.455 e. The third kappa shape index (κ3) is 3.17. The third-order valence-electron chi connectivity index (χ3n) is 7.64. The molecule has 0 bridgehead atoms. The Labute approximate surface area is 220 Å². The average molecular weight is 492 g/mol. The number of hydrogen-bond acceptors (Lipinski definition) is 3. The van der Waals surface area contributed by atoms with Crippen molar-refractivity contribution in [1.29, 1.82) is 0 Å². The van der Waals surface area contributed by atoms with Gasteiger partial charge in [0.25, 0.3) is 0 Å². The van der Waals surface area contributed by atoms with Crippen molar-refractivity contribution in [1.82, 2.24) is 9.88 Å². The summed E-state index contributed by atoms with van der Waals surface area (Å²) in [6.45, 7) is 0.833. The van der Waals surface area contributed by atoms with Crippen LogP contribution >= 0.6 is 0 Å². The smallest absolute Gasteiger partial charge is 0.143 e. The van der Waals surface area contributed by atoms with Gasteiger partial charge in [-0.15, -0.1) is 0 Å². The minimum Gasteiger partial charge on any atom is -0.455 e. The van der Waals surface area contributed by atoms with Gasteiger partial charge in [-0.1, -0.05) is 91.0 Å². The van der Waals surface area contributed by atoms with Crippen LogP contribution in [0.1, 0.15) is 22.9 Å². The van der Waals surface area contributed by atoms with Gasteiger partial charge in [-0.2, -0.15) is 0 Å². The van der Waals surface area contributed by atoms with E-state index in [4.69, 9.17) is 4.42 Å². The first kappa shape index (κ1) is 21.2. The summed E-state index contributed by atoms with van der Waals surface area (Å²) in [5.74, 6) is 1.04. The lowest BCUT2D eigenvalue weighted by Crippen LogP contribution is -2.25. The summed E-state index contributed by atoms with van der Waals surface area (Å²) in [5.41, 5.74) is 8.79. The Balaban J connectivity index is 1.38. The lowest BCUT2D eigenvalue weighted by atomic mass is 9.95. The van der Waals surface area contributed by atoms with Crippen LogP contribution in [0.2, 0.25) is 0 Å². The van der Waals surface area contributed by atoms with E-state index in [-0.39, 0.29) is 6.04 Å². The molecule has 0 saturated heterocycles. The predicted octanol–water partition coefficient (Wildman–Crippen LogP) is 8.21. The summed E-state index contributed by atoms with van der Waals surface area (Å²) in [6, 6.07) is 34.0. The number of dihydropyridines is 1. The van der Waals surface area contributed by atoms with Crippen molar-refractivity contribution in [3.8, 4) is 0 Å². The monoisotopic (exact) mass is 491 g/mol. The highest BCUT2D eigenvalue weighted by atomic mass is 16.3. The fourth-order valence-corrected chi connectivity index (χ4v) is 5.92. The first-order valence-electron chi connectivity index (χ1n) is 13.0. The Kier molecular flexibility index (Phi) is 4.61. The number of fused-ring (bicyclic) bond motifs is 6. The summed E-state index contributed by atoms with van der Waals surface area (Å²) in [7, 11) is 0. The number of nitrogens with one attached hydrogen (secondary N) is 2. The minimum absolute atomic E-state index is 0.00294. The summed E-state index contributed by atoms with van der Waals surface area (Å²) in [4.78, 5) is 0. The molecule has 0 radical (unpaired) electrons. The van der Waals surface area contributed by atoms with Gasteiger partial charge in [-0.25, -0.2) is 0 Å². The van der Waals surface area contributed by atoms with Crippen LogP contribution in [-0.2, 0) is 0 Å². The molecule has 38 heavy (non-hydrogen) atoms. The van der Waals surface area contributed by atoms with Crippen molar-refractivity contribution in [3.63, 3.8) is 0 Å². The van der Waals surface area contributed by atoms with Crippen molar-refractivity contribution in [3.05, 3.63) is 132 Å². The number of nitrogens with zero attached hydrogens (tertiary/aromatic N) is 1. The number of anilines is 1. The van der Waals surface area contributed by atoms with Crippen LogP contribution in [0.25, 0.3) is 50.3 Å². The third-order valence-corrected chi connectivity index (χ3v) is 7.64. The molecule has 2 aromatic heterocycles. The fraction of sp³-hybridized carbons (Fsp3) is 0.0588. The number of rotatable bonds is 3. The van der Waals surface area contributed by atoms with E-state index in [0.29, 0.717) is 0 Å². The second kappa shape index (κ2) is 8.29. The SMILES string of the molecule is C1=Cc2c(c3ccccc3n2C2=CC(c3cccc4c3oc3ccccc34)=CC(c3ccccc3)N2)NC1. The average Bonchev–Trinajstić information content (AvgIpc) is 3.53. The molecule has 2 aliphatic rings. The molecule has 1 unspecified atom stereocenters. The van der Waals surface area contributed by atoms with Crippen molar-refractivity contribution >= 4 is 56.0 Å². The Morgan fingerprint density at radius 2 is 1.55 bits per heavy atom. The van der Waals surface area contributed by atoms with Gasteiger partial charge in [0.15, 0.2) is 0 Å². The van der Waals surface area contributed by atoms with Gasteiger partial charge in [0, 0.05) is 28.3 Å². The van der Waals surface area contributed by atoms with E-state index in [1.807, 2.05) is 12.1 Å². The molecule has 1 atom stereocenters. The quantitative estimate of drug-likeness (QED) is 0.262. The lowest BCUT2D eigenvalue weighted by Gasteiger charge is -2.27. The van der Waals surface area contributed by atoms with Crippen molar-refractivity contribution in [2.45, 2.75) is 6.04 Å². The van der Waals surface area contributed by atoms with Gasteiger partial charge in [-0.05, 0) is 41.5 Å². The van der Waals surface area contributed by atoms with Crippen LogP contribution in [0.15, 0.2) is 120 Å². The highest BCUT2D eigenvalue weighted by Gasteiger charge is 2.25.